The molecule has 2 aromatic rings. The van der Waals surface area contributed by atoms with Gasteiger partial charge in [-0.05, 0) is 24.0 Å². The smallest absolute Gasteiger partial charge is 0.328 e. The zero-order valence-electron chi connectivity index (χ0n) is 10.8. The summed E-state index contributed by atoms with van der Waals surface area (Å²) in [6.07, 6.45) is 3.20. The number of allylic oxidation sites excluding steroid dienone is 1. The Morgan fingerprint density at radius 2 is 2.11 bits per heavy atom. The molecular formula is C15H17NO2. The molecule has 18 heavy (non-hydrogen) atoms. The Morgan fingerprint density at radius 3 is 2.72 bits per heavy atom. The fraction of sp³-hybridized carbons (Fsp3) is 0.267. The Labute approximate surface area is 106 Å². The van der Waals surface area contributed by atoms with Gasteiger partial charge in [0.05, 0.1) is 0 Å². The molecule has 0 atom stereocenters. The number of nitrogens with one attached hydrogen (secondary N) is 1. The lowest BCUT2D eigenvalue weighted by Gasteiger charge is -2.09. The van der Waals surface area contributed by atoms with Gasteiger partial charge in [-0.2, -0.15) is 0 Å². The van der Waals surface area contributed by atoms with Crippen LogP contribution in [-0.2, 0) is 4.79 Å². The van der Waals surface area contributed by atoms with Gasteiger partial charge in [0.15, 0.2) is 0 Å². The Bertz CT molecular complexity index is 620. The molecule has 0 aliphatic heterocycles. The maximum absolute atomic E-state index is 10.9. The number of hydrogen-bond acceptors (Lipinski definition) is 1. The monoisotopic (exact) mass is 243 g/mol. The minimum absolute atomic E-state index is 0.167. The van der Waals surface area contributed by atoms with Crippen LogP contribution in [0.25, 0.3) is 16.5 Å². The van der Waals surface area contributed by atoms with E-state index in [2.05, 4.69) is 4.98 Å². The average Bonchev–Trinajstić information content (AvgIpc) is 2.70. The second kappa shape index (κ2) is 4.69. The van der Waals surface area contributed by atoms with E-state index in [0.717, 1.165) is 27.6 Å². The van der Waals surface area contributed by atoms with Crippen molar-refractivity contribution in [2.45, 2.75) is 20.8 Å². The van der Waals surface area contributed by atoms with Crippen molar-refractivity contribution < 1.29 is 9.90 Å². The molecule has 0 unspecified atom stereocenters. The number of aliphatic carboxylic acids is 1. The number of carboxylic acids is 1. The molecule has 1 aromatic carbocycles. The van der Waals surface area contributed by atoms with E-state index >= 15 is 0 Å². The quantitative estimate of drug-likeness (QED) is 0.809. The first-order chi connectivity index (χ1) is 8.50. The van der Waals surface area contributed by atoms with Crippen molar-refractivity contribution in [3.8, 4) is 0 Å². The van der Waals surface area contributed by atoms with E-state index in [9.17, 15) is 4.79 Å². The summed E-state index contributed by atoms with van der Waals surface area (Å²) in [4.78, 5) is 14.2. The van der Waals surface area contributed by atoms with Gasteiger partial charge < -0.3 is 10.1 Å². The highest BCUT2D eigenvalue weighted by molar-refractivity contribution is 5.99. The molecule has 0 amide bonds. The molecule has 0 saturated carbocycles. The molecule has 0 aliphatic rings. The zero-order valence-corrected chi connectivity index (χ0v) is 10.8. The van der Waals surface area contributed by atoms with Crippen LogP contribution in [0, 0.1) is 12.8 Å². The normalized spacial score (nSPS) is 12.3. The third kappa shape index (κ3) is 2.16. The van der Waals surface area contributed by atoms with E-state index in [1.165, 1.54) is 6.08 Å². The van der Waals surface area contributed by atoms with Gasteiger partial charge in [0.25, 0.3) is 0 Å². The predicted molar refractivity (Wildman–Crippen MR) is 73.5 cm³/mol. The number of hydrogen-bond donors (Lipinski definition) is 2. The van der Waals surface area contributed by atoms with Gasteiger partial charge in [0, 0.05) is 28.7 Å². The largest absolute Gasteiger partial charge is 0.478 e. The summed E-state index contributed by atoms with van der Waals surface area (Å²) in [7, 11) is 0. The van der Waals surface area contributed by atoms with Crippen molar-refractivity contribution in [3.63, 3.8) is 0 Å². The highest BCUT2D eigenvalue weighted by Gasteiger charge is 2.13. The highest BCUT2D eigenvalue weighted by atomic mass is 16.4. The Hall–Kier alpha value is -2.03. The summed E-state index contributed by atoms with van der Waals surface area (Å²) in [5.74, 6) is -0.735. The van der Waals surface area contributed by atoms with Crippen molar-refractivity contribution in [2.75, 3.05) is 0 Å². The summed E-state index contributed by atoms with van der Waals surface area (Å²) in [5, 5.41) is 10.1. The fourth-order valence-corrected chi connectivity index (χ4v) is 2.23. The number of aromatic amines is 1. The van der Waals surface area contributed by atoms with Gasteiger partial charge in [-0.15, -0.1) is 0 Å². The van der Waals surface area contributed by atoms with Crippen LogP contribution in [0.4, 0.5) is 0 Å². The standard InChI is InChI=1S/C15H17NO2/c1-9(2)12(7-14(17)18)13-8-16-15-10(3)5-4-6-11(13)15/h4-9,16H,1-3H3,(H,17,18)/b12-7+. The van der Waals surface area contributed by atoms with E-state index in [4.69, 9.17) is 5.11 Å². The molecule has 3 heteroatoms. The molecule has 0 saturated heterocycles. The summed E-state index contributed by atoms with van der Waals surface area (Å²) in [6, 6.07) is 6.05. The topological polar surface area (TPSA) is 53.1 Å². The lowest BCUT2D eigenvalue weighted by atomic mass is 9.94. The van der Waals surface area contributed by atoms with Crippen LogP contribution in [0.3, 0.4) is 0 Å². The number of aryl methyl sites for hydroxylation is 1. The minimum atomic E-state index is -0.902. The van der Waals surface area contributed by atoms with Crippen LogP contribution in [-0.4, -0.2) is 16.1 Å². The van der Waals surface area contributed by atoms with Gasteiger partial charge in [0.1, 0.15) is 0 Å². The molecule has 2 rings (SSSR count). The van der Waals surface area contributed by atoms with Crippen molar-refractivity contribution >= 4 is 22.4 Å². The zero-order chi connectivity index (χ0) is 13.3. The van der Waals surface area contributed by atoms with E-state index < -0.39 is 5.97 Å². The number of para-hydroxylation sites is 1. The lowest BCUT2D eigenvalue weighted by Crippen LogP contribution is -1.98. The van der Waals surface area contributed by atoms with Gasteiger partial charge in [0.2, 0.25) is 0 Å². The first-order valence-corrected chi connectivity index (χ1v) is 6.02. The molecule has 1 heterocycles. The van der Waals surface area contributed by atoms with Crippen LogP contribution < -0.4 is 0 Å². The van der Waals surface area contributed by atoms with Gasteiger partial charge in [-0.1, -0.05) is 32.0 Å². The highest BCUT2D eigenvalue weighted by Crippen LogP contribution is 2.31. The first kappa shape index (κ1) is 12.4. The van der Waals surface area contributed by atoms with Crippen LogP contribution >= 0.6 is 0 Å². The van der Waals surface area contributed by atoms with E-state index in [-0.39, 0.29) is 5.92 Å². The molecule has 3 nitrogen and oxygen atoms in total. The molecule has 0 radical (unpaired) electrons. The maximum atomic E-state index is 10.9. The molecular weight excluding hydrogens is 226 g/mol. The molecule has 0 bridgehead atoms. The number of carbonyl (C=O) groups is 1. The average molecular weight is 243 g/mol. The van der Waals surface area contributed by atoms with Crippen LogP contribution in [0.2, 0.25) is 0 Å². The molecule has 0 fully saturated rings. The number of fused-ring (bicyclic) bond motifs is 1. The fourth-order valence-electron chi connectivity index (χ4n) is 2.23. The molecule has 2 N–H and O–H groups in total. The van der Waals surface area contributed by atoms with Gasteiger partial charge >= 0.3 is 5.97 Å². The second-order valence-electron chi connectivity index (χ2n) is 4.79. The van der Waals surface area contributed by atoms with E-state index in [1.807, 2.05) is 45.2 Å². The van der Waals surface area contributed by atoms with Crippen LogP contribution in [0.5, 0.6) is 0 Å². The third-order valence-electron chi connectivity index (χ3n) is 3.14. The Kier molecular flexibility index (Phi) is 3.24. The summed E-state index contributed by atoms with van der Waals surface area (Å²) < 4.78 is 0. The number of H-pyrrole nitrogens is 1. The van der Waals surface area contributed by atoms with Crippen LogP contribution in [0.15, 0.2) is 30.5 Å². The number of aromatic nitrogens is 1. The predicted octanol–water partition coefficient (Wildman–Crippen LogP) is 3.60. The van der Waals surface area contributed by atoms with E-state index in [0.29, 0.717) is 0 Å². The van der Waals surface area contributed by atoms with Crippen LogP contribution in [0.1, 0.15) is 25.0 Å². The second-order valence-corrected chi connectivity index (χ2v) is 4.79. The number of carboxylic acid groups (broad SMARTS) is 1. The number of rotatable bonds is 3. The summed E-state index contributed by atoms with van der Waals surface area (Å²) >= 11 is 0. The minimum Gasteiger partial charge on any atom is -0.478 e. The summed E-state index contributed by atoms with van der Waals surface area (Å²) in [6.45, 7) is 6.05. The van der Waals surface area contributed by atoms with Crippen molar-refractivity contribution in [1.82, 2.24) is 4.98 Å². The molecule has 1 aromatic heterocycles. The van der Waals surface area contributed by atoms with Gasteiger partial charge in [-0.25, -0.2) is 4.79 Å². The molecule has 0 spiro atoms. The summed E-state index contributed by atoms with van der Waals surface area (Å²) in [5.41, 5.74) is 4.06. The van der Waals surface area contributed by atoms with Crippen molar-refractivity contribution in [3.05, 3.63) is 41.6 Å². The number of benzene rings is 1. The van der Waals surface area contributed by atoms with Crippen molar-refractivity contribution in [2.24, 2.45) is 5.92 Å². The lowest BCUT2D eigenvalue weighted by molar-refractivity contribution is -0.131. The molecule has 0 aliphatic carbocycles. The van der Waals surface area contributed by atoms with Gasteiger partial charge in [-0.3, -0.25) is 0 Å². The Balaban J connectivity index is 2.66. The third-order valence-corrected chi connectivity index (χ3v) is 3.14. The van der Waals surface area contributed by atoms with Crippen molar-refractivity contribution in [1.29, 1.82) is 0 Å². The first-order valence-electron chi connectivity index (χ1n) is 6.02. The SMILES string of the molecule is Cc1cccc2c(/C(=C/C(=O)O)C(C)C)c[nH]c12. The molecule has 94 valence electrons. The maximum Gasteiger partial charge on any atom is 0.328 e. The Morgan fingerprint density at radius 1 is 1.39 bits per heavy atom. The van der Waals surface area contributed by atoms with E-state index in [1.54, 1.807) is 0 Å².